The molecule has 3 amide bonds. The van der Waals surface area contributed by atoms with E-state index < -0.39 is 5.60 Å². The van der Waals surface area contributed by atoms with Crippen molar-refractivity contribution >= 4 is 17.8 Å². The number of carbonyl (C=O) groups excluding carboxylic acids is 2. The van der Waals surface area contributed by atoms with E-state index in [0.717, 1.165) is 67.4 Å². The predicted molar refractivity (Wildman–Crippen MR) is 169 cm³/mol. The van der Waals surface area contributed by atoms with Gasteiger partial charge in [-0.05, 0) is 62.8 Å². The number of likely N-dealkylation sites (tertiary alicyclic amines) is 2. The van der Waals surface area contributed by atoms with Crippen molar-refractivity contribution in [3.63, 3.8) is 0 Å². The van der Waals surface area contributed by atoms with Gasteiger partial charge < -0.3 is 19.4 Å². The van der Waals surface area contributed by atoms with E-state index in [9.17, 15) is 9.59 Å². The average Bonchev–Trinajstić information content (AvgIpc) is 2.95. The summed E-state index contributed by atoms with van der Waals surface area (Å²) in [5, 5.41) is 3.28. The Morgan fingerprint density at radius 1 is 1.00 bits per heavy atom. The molecule has 4 heterocycles. The average molecular weight is 582 g/mol. The minimum atomic E-state index is -0.491. The summed E-state index contributed by atoms with van der Waals surface area (Å²) < 4.78 is 5.58. The first-order valence-corrected chi connectivity index (χ1v) is 15.4. The van der Waals surface area contributed by atoms with Crippen LogP contribution < -0.4 is 10.2 Å². The molecule has 0 atom stereocenters. The first-order chi connectivity index (χ1) is 20.5. The molecule has 1 spiro atoms. The molecule has 2 fully saturated rings. The van der Waals surface area contributed by atoms with E-state index in [1.165, 1.54) is 5.56 Å². The third-order valence-corrected chi connectivity index (χ3v) is 8.77. The molecule has 4 aliphatic rings. The quantitative estimate of drug-likeness (QED) is 0.423. The summed E-state index contributed by atoms with van der Waals surface area (Å²) in [7, 11) is 0. The number of anilines is 1. The number of ether oxygens (including phenoxy) is 1. The number of nitrogens with zero attached hydrogens (tertiary/aromatic N) is 4. The molecule has 43 heavy (non-hydrogen) atoms. The minimum Gasteiger partial charge on any atom is -0.444 e. The number of hydrogen-bond donors (Lipinski definition) is 1. The topological polar surface area (TPSA) is 68.4 Å². The van der Waals surface area contributed by atoms with E-state index in [-0.39, 0.29) is 23.5 Å². The molecule has 6 rings (SSSR count). The lowest BCUT2D eigenvalue weighted by molar-refractivity contribution is -0.0565. The zero-order valence-electron chi connectivity index (χ0n) is 26.0. The van der Waals surface area contributed by atoms with Gasteiger partial charge in [0.15, 0.2) is 0 Å². The number of fused-ring (bicyclic) bond motifs is 1. The molecule has 2 saturated heterocycles. The molecule has 0 aliphatic carbocycles. The molecular weight excluding hydrogens is 538 g/mol. The summed E-state index contributed by atoms with van der Waals surface area (Å²) in [6.45, 7) is 13.8. The van der Waals surface area contributed by atoms with Crippen LogP contribution in [0.15, 0.2) is 90.2 Å². The third-order valence-electron chi connectivity index (χ3n) is 8.77. The number of allylic oxidation sites excluding steroid dienone is 1. The van der Waals surface area contributed by atoms with Crippen molar-refractivity contribution in [2.75, 3.05) is 31.1 Å². The van der Waals surface area contributed by atoms with Crippen molar-refractivity contribution < 1.29 is 14.3 Å². The highest BCUT2D eigenvalue weighted by atomic mass is 16.6. The molecule has 0 unspecified atom stereocenters. The van der Waals surface area contributed by atoms with Crippen LogP contribution in [-0.2, 0) is 11.3 Å². The largest absolute Gasteiger partial charge is 0.444 e. The van der Waals surface area contributed by atoms with Crippen molar-refractivity contribution in [1.29, 1.82) is 0 Å². The highest BCUT2D eigenvalue weighted by molar-refractivity contribution is 6.00. The second-order valence-electron chi connectivity index (χ2n) is 13.6. The Bertz CT molecular complexity index is 1470. The van der Waals surface area contributed by atoms with Gasteiger partial charge in [0.25, 0.3) is 0 Å². The van der Waals surface area contributed by atoms with Crippen LogP contribution in [0.25, 0.3) is 0 Å². The van der Waals surface area contributed by atoms with Crippen molar-refractivity contribution in [3.8, 4) is 0 Å². The Labute approximate surface area is 255 Å². The summed E-state index contributed by atoms with van der Waals surface area (Å²) in [5.41, 5.74) is 4.76. The zero-order chi connectivity index (χ0) is 30.4. The summed E-state index contributed by atoms with van der Waals surface area (Å²) in [6, 6.07) is 18.4. The fraction of sp³-hybridized carbons (Fsp3) is 0.429. The van der Waals surface area contributed by atoms with Crippen LogP contribution in [0.2, 0.25) is 0 Å². The number of urea groups is 1. The first kappa shape index (κ1) is 28.9. The second kappa shape index (κ2) is 11.1. The van der Waals surface area contributed by atoms with Gasteiger partial charge in [0, 0.05) is 56.1 Å². The van der Waals surface area contributed by atoms with Gasteiger partial charge in [-0.15, -0.1) is 0 Å². The van der Waals surface area contributed by atoms with Crippen LogP contribution in [0.3, 0.4) is 0 Å². The van der Waals surface area contributed by atoms with Crippen LogP contribution in [0.4, 0.5) is 15.3 Å². The Hall–Kier alpha value is -4.20. The van der Waals surface area contributed by atoms with Gasteiger partial charge in [0.1, 0.15) is 11.4 Å². The molecule has 1 N–H and O–H groups in total. The fourth-order valence-electron chi connectivity index (χ4n) is 6.54. The van der Waals surface area contributed by atoms with Crippen molar-refractivity contribution in [3.05, 3.63) is 101 Å². The molecule has 2 aromatic carbocycles. The molecule has 8 heteroatoms. The van der Waals surface area contributed by atoms with Crippen LogP contribution in [-0.4, -0.2) is 58.6 Å². The van der Waals surface area contributed by atoms with Crippen molar-refractivity contribution in [2.45, 2.75) is 65.5 Å². The molecule has 0 aromatic heterocycles. The van der Waals surface area contributed by atoms with Crippen LogP contribution in [0, 0.1) is 5.41 Å². The molecule has 0 radical (unpaired) electrons. The summed E-state index contributed by atoms with van der Waals surface area (Å²) >= 11 is 0. The SMILES string of the molecule is CC(C)c1ccccc1N1C(=O)NC(N2CCC3(CC2)CN(C(=O)OC(C)(C)C)C3)=C2C=CN(Cc3ccccc3)C=C21. The monoisotopic (exact) mass is 581 g/mol. The normalized spacial score (nSPS) is 19.8. The molecule has 0 bridgehead atoms. The maximum Gasteiger partial charge on any atom is 0.410 e. The van der Waals surface area contributed by atoms with Crippen molar-refractivity contribution in [1.82, 2.24) is 20.0 Å². The van der Waals surface area contributed by atoms with Crippen LogP contribution in [0.1, 0.15) is 64.5 Å². The van der Waals surface area contributed by atoms with Gasteiger partial charge in [-0.3, -0.25) is 10.2 Å². The van der Waals surface area contributed by atoms with Gasteiger partial charge in [-0.2, -0.15) is 0 Å². The molecule has 8 nitrogen and oxygen atoms in total. The van der Waals surface area contributed by atoms with Crippen LogP contribution >= 0.6 is 0 Å². The van der Waals surface area contributed by atoms with E-state index in [1.54, 1.807) is 0 Å². The van der Waals surface area contributed by atoms with Crippen molar-refractivity contribution in [2.24, 2.45) is 5.41 Å². The summed E-state index contributed by atoms with van der Waals surface area (Å²) in [6.07, 6.45) is 8.04. The Kier molecular flexibility index (Phi) is 7.48. The maximum absolute atomic E-state index is 14.0. The lowest BCUT2D eigenvalue weighted by Gasteiger charge is -2.54. The van der Waals surface area contributed by atoms with E-state index in [4.69, 9.17) is 4.74 Å². The standard InChI is InChI=1S/C35H43N5O3/c1-25(2)27-13-9-10-14-29(27)40-30-22-37(21-26-11-7-6-8-12-26)18-15-28(30)31(36-32(40)41)38-19-16-35(17-20-38)23-39(24-35)33(42)43-34(3,4)5/h6-15,18,22,25H,16-17,19-21,23-24H2,1-5H3,(H,36,41). The van der Waals surface area contributed by atoms with E-state index in [2.05, 4.69) is 77.8 Å². The number of piperidine rings is 1. The highest BCUT2D eigenvalue weighted by Crippen LogP contribution is 2.43. The number of benzene rings is 2. The number of rotatable bonds is 5. The van der Waals surface area contributed by atoms with E-state index in [0.29, 0.717) is 6.54 Å². The lowest BCUT2D eigenvalue weighted by atomic mass is 9.72. The third kappa shape index (κ3) is 5.88. The van der Waals surface area contributed by atoms with Gasteiger partial charge >= 0.3 is 12.1 Å². The number of amides is 3. The summed E-state index contributed by atoms with van der Waals surface area (Å²) in [4.78, 5) is 34.6. The van der Waals surface area contributed by atoms with E-state index in [1.807, 2.05) is 54.8 Å². The Morgan fingerprint density at radius 2 is 1.67 bits per heavy atom. The van der Waals surface area contributed by atoms with Gasteiger partial charge in [-0.1, -0.05) is 62.4 Å². The molecule has 226 valence electrons. The minimum absolute atomic E-state index is 0.118. The number of carbonyl (C=O) groups is 2. The lowest BCUT2D eigenvalue weighted by Crippen LogP contribution is -2.63. The fourth-order valence-corrected chi connectivity index (χ4v) is 6.54. The number of hydrogen-bond acceptors (Lipinski definition) is 5. The van der Waals surface area contributed by atoms with Crippen LogP contribution in [0.5, 0.6) is 0 Å². The smallest absolute Gasteiger partial charge is 0.410 e. The molecular formula is C35H43N5O3. The number of para-hydroxylation sites is 1. The van der Waals surface area contributed by atoms with Gasteiger partial charge in [0.05, 0.1) is 11.4 Å². The maximum atomic E-state index is 14.0. The van der Waals surface area contributed by atoms with E-state index >= 15 is 0 Å². The predicted octanol–water partition coefficient (Wildman–Crippen LogP) is 6.76. The highest BCUT2D eigenvalue weighted by Gasteiger charge is 2.48. The Morgan fingerprint density at radius 3 is 2.35 bits per heavy atom. The molecule has 2 aromatic rings. The van der Waals surface area contributed by atoms with Gasteiger partial charge in [-0.25, -0.2) is 9.59 Å². The Balaban J connectivity index is 1.26. The zero-order valence-corrected chi connectivity index (χ0v) is 26.0. The second-order valence-corrected chi connectivity index (χ2v) is 13.6. The summed E-state index contributed by atoms with van der Waals surface area (Å²) in [5.74, 6) is 1.13. The van der Waals surface area contributed by atoms with Gasteiger partial charge in [0.2, 0.25) is 0 Å². The number of nitrogens with one attached hydrogen (secondary N) is 1. The molecule has 4 aliphatic heterocycles. The first-order valence-electron chi connectivity index (χ1n) is 15.4. The molecule has 0 saturated carbocycles.